The van der Waals surface area contributed by atoms with Crippen LogP contribution in [0.5, 0.6) is 0 Å². The Labute approximate surface area is 114 Å². The Morgan fingerprint density at radius 2 is 1.74 bits per heavy atom. The third kappa shape index (κ3) is 4.65. The van der Waals surface area contributed by atoms with Crippen molar-refractivity contribution in [2.75, 3.05) is 6.54 Å². The van der Waals surface area contributed by atoms with Crippen LogP contribution in [-0.2, 0) is 4.79 Å². The largest absolute Gasteiger partial charge is 0.391 e. The molecule has 1 aromatic rings. The number of amides is 1. The Balaban J connectivity index is 2.47. The van der Waals surface area contributed by atoms with E-state index in [1.54, 1.807) is 24.3 Å². The maximum absolute atomic E-state index is 11.8. The summed E-state index contributed by atoms with van der Waals surface area (Å²) >= 11 is 0. The molecule has 4 heteroatoms. The number of nitrogens with one attached hydrogen (secondary N) is 1. The van der Waals surface area contributed by atoms with Crippen molar-refractivity contribution in [3.63, 3.8) is 0 Å². The summed E-state index contributed by atoms with van der Waals surface area (Å²) in [5.41, 5.74) is 0.553. The summed E-state index contributed by atoms with van der Waals surface area (Å²) in [7, 11) is 0. The third-order valence-electron chi connectivity index (χ3n) is 3.44. The normalized spacial score (nSPS) is 14.2. The number of hydrogen-bond donors (Lipinski definition) is 3. The monoisotopic (exact) mass is 265 g/mol. The number of hydrogen-bond acceptors (Lipinski definition) is 3. The Morgan fingerprint density at radius 3 is 2.26 bits per heavy atom. The third-order valence-corrected chi connectivity index (χ3v) is 3.44. The second-order valence-corrected chi connectivity index (χ2v) is 4.70. The van der Waals surface area contributed by atoms with Gasteiger partial charge in [0.2, 0.25) is 0 Å². The van der Waals surface area contributed by atoms with Gasteiger partial charge in [-0.2, -0.15) is 0 Å². The topological polar surface area (TPSA) is 69.6 Å². The predicted octanol–water partition coefficient (Wildman–Crippen LogP) is 1.63. The molecule has 0 heterocycles. The number of aliphatic hydroxyl groups excluding tert-OH is 2. The van der Waals surface area contributed by atoms with Crippen LogP contribution in [0.15, 0.2) is 30.3 Å². The van der Waals surface area contributed by atoms with Gasteiger partial charge in [-0.15, -0.1) is 0 Å². The zero-order valence-corrected chi connectivity index (χ0v) is 11.5. The van der Waals surface area contributed by atoms with Crippen molar-refractivity contribution in [2.24, 2.45) is 5.92 Å². The molecule has 0 aliphatic rings. The van der Waals surface area contributed by atoms with Gasteiger partial charge in [-0.3, -0.25) is 4.79 Å². The molecule has 0 aromatic heterocycles. The van der Waals surface area contributed by atoms with Crippen LogP contribution in [0.3, 0.4) is 0 Å². The maximum atomic E-state index is 11.8. The van der Waals surface area contributed by atoms with Crippen molar-refractivity contribution in [1.29, 1.82) is 0 Å². The quantitative estimate of drug-likeness (QED) is 0.702. The van der Waals surface area contributed by atoms with Crippen molar-refractivity contribution in [3.05, 3.63) is 35.9 Å². The molecule has 0 radical (unpaired) electrons. The van der Waals surface area contributed by atoms with E-state index in [9.17, 15) is 15.0 Å². The molecule has 1 aromatic carbocycles. The fourth-order valence-electron chi connectivity index (χ4n) is 2.09. The predicted molar refractivity (Wildman–Crippen MR) is 74.5 cm³/mol. The zero-order valence-electron chi connectivity index (χ0n) is 11.5. The molecule has 1 amide bonds. The Hall–Kier alpha value is -1.39. The Bertz CT molecular complexity index is 376. The lowest BCUT2D eigenvalue weighted by atomic mass is 9.96. The van der Waals surface area contributed by atoms with Gasteiger partial charge in [0, 0.05) is 6.54 Å². The van der Waals surface area contributed by atoms with Crippen LogP contribution in [-0.4, -0.2) is 28.8 Å². The second-order valence-electron chi connectivity index (χ2n) is 4.70. The molecule has 3 N–H and O–H groups in total. The summed E-state index contributed by atoms with van der Waals surface area (Å²) in [6.07, 6.45) is -0.0131. The average molecular weight is 265 g/mol. The smallest absolute Gasteiger partial charge is 0.253 e. The van der Waals surface area contributed by atoms with E-state index in [1.165, 1.54) is 0 Å². The lowest BCUT2D eigenvalue weighted by Crippen LogP contribution is -2.38. The molecule has 0 unspecified atom stereocenters. The maximum Gasteiger partial charge on any atom is 0.253 e. The number of carbonyl (C=O) groups is 1. The summed E-state index contributed by atoms with van der Waals surface area (Å²) in [5, 5.41) is 22.4. The van der Waals surface area contributed by atoms with Crippen molar-refractivity contribution < 1.29 is 15.0 Å². The van der Waals surface area contributed by atoms with Crippen LogP contribution in [0.2, 0.25) is 0 Å². The molecule has 2 atom stereocenters. The first-order chi connectivity index (χ1) is 9.10. The van der Waals surface area contributed by atoms with Crippen LogP contribution < -0.4 is 5.32 Å². The highest BCUT2D eigenvalue weighted by molar-refractivity contribution is 5.81. The van der Waals surface area contributed by atoms with E-state index in [0.717, 1.165) is 12.8 Å². The Morgan fingerprint density at radius 1 is 1.16 bits per heavy atom. The molecule has 0 aliphatic carbocycles. The molecule has 1 rings (SSSR count). The first kappa shape index (κ1) is 15.7. The van der Waals surface area contributed by atoms with Crippen LogP contribution in [0.4, 0.5) is 0 Å². The minimum absolute atomic E-state index is 0.175. The van der Waals surface area contributed by atoms with Crippen molar-refractivity contribution in [3.8, 4) is 0 Å². The van der Waals surface area contributed by atoms with E-state index in [-0.39, 0.29) is 12.5 Å². The molecule has 0 saturated heterocycles. The summed E-state index contributed by atoms with van der Waals surface area (Å²) in [4.78, 5) is 11.8. The molecule has 0 aliphatic heterocycles. The zero-order chi connectivity index (χ0) is 14.3. The first-order valence-corrected chi connectivity index (χ1v) is 6.78. The number of aliphatic hydroxyl groups is 2. The van der Waals surface area contributed by atoms with Crippen LogP contribution in [0.1, 0.15) is 38.4 Å². The van der Waals surface area contributed by atoms with Gasteiger partial charge in [-0.1, -0.05) is 57.0 Å². The van der Waals surface area contributed by atoms with Gasteiger partial charge >= 0.3 is 0 Å². The molecule has 0 spiro atoms. The van der Waals surface area contributed by atoms with Gasteiger partial charge in [0.15, 0.2) is 6.10 Å². The summed E-state index contributed by atoms with van der Waals surface area (Å²) in [6, 6.07) is 8.75. The molecular weight excluding hydrogens is 242 g/mol. The molecule has 0 fully saturated rings. The van der Waals surface area contributed by atoms with Gasteiger partial charge in [-0.25, -0.2) is 0 Å². The molecular formula is C15H23NO3. The van der Waals surface area contributed by atoms with E-state index < -0.39 is 18.1 Å². The number of carbonyl (C=O) groups excluding carboxylic acids is 1. The van der Waals surface area contributed by atoms with E-state index in [1.807, 2.05) is 19.9 Å². The average Bonchev–Trinajstić information content (AvgIpc) is 2.46. The molecule has 19 heavy (non-hydrogen) atoms. The van der Waals surface area contributed by atoms with Gasteiger partial charge in [0.25, 0.3) is 5.91 Å². The van der Waals surface area contributed by atoms with Gasteiger partial charge < -0.3 is 15.5 Å². The van der Waals surface area contributed by atoms with Crippen LogP contribution in [0, 0.1) is 5.92 Å². The van der Waals surface area contributed by atoms with E-state index >= 15 is 0 Å². The summed E-state index contributed by atoms with van der Waals surface area (Å²) in [6.45, 7) is 4.20. The van der Waals surface area contributed by atoms with E-state index in [2.05, 4.69) is 5.32 Å². The van der Waals surface area contributed by atoms with Crippen molar-refractivity contribution in [2.45, 2.75) is 38.9 Å². The van der Waals surface area contributed by atoms with Gasteiger partial charge in [0.1, 0.15) is 0 Å². The SMILES string of the molecule is CCC(CC)[C@H](O)CNC(=O)[C@@H](O)c1ccccc1. The minimum atomic E-state index is -1.19. The van der Waals surface area contributed by atoms with Gasteiger partial charge in [-0.05, 0) is 11.5 Å². The highest BCUT2D eigenvalue weighted by Crippen LogP contribution is 2.14. The fraction of sp³-hybridized carbons (Fsp3) is 0.533. The summed E-state index contributed by atoms with van der Waals surface area (Å²) < 4.78 is 0. The van der Waals surface area contributed by atoms with Crippen molar-refractivity contribution in [1.82, 2.24) is 5.32 Å². The molecule has 4 nitrogen and oxygen atoms in total. The van der Waals surface area contributed by atoms with Crippen LogP contribution >= 0.6 is 0 Å². The molecule has 106 valence electrons. The van der Waals surface area contributed by atoms with Crippen molar-refractivity contribution >= 4 is 5.91 Å². The summed E-state index contributed by atoms with van der Waals surface area (Å²) in [5.74, 6) is -0.301. The van der Waals surface area contributed by atoms with Gasteiger partial charge in [0.05, 0.1) is 6.10 Å². The fourth-order valence-corrected chi connectivity index (χ4v) is 2.09. The van der Waals surface area contributed by atoms with E-state index in [0.29, 0.717) is 5.56 Å². The first-order valence-electron chi connectivity index (χ1n) is 6.78. The molecule has 0 bridgehead atoms. The standard InChI is InChI=1S/C15H23NO3/c1-3-11(4-2)13(17)10-16-15(19)14(18)12-8-6-5-7-9-12/h5-9,11,13-14,17-18H,3-4,10H2,1-2H3,(H,16,19)/t13-,14+/m1/s1. The molecule has 0 saturated carbocycles. The number of benzene rings is 1. The lowest BCUT2D eigenvalue weighted by molar-refractivity contribution is -0.130. The lowest BCUT2D eigenvalue weighted by Gasteiger charge is -2.21. The van der Waals surface area contributed by atoms with Crippen LogP contribution in [0.25, 0.3) is 0 Å². The highest BCUT2D eigenvalue weighted by Gasteiger charge is 2.20. The number of rotatable bonds is 7. The Kier molecular flexibility index (Phi) is 6.53. The minimum Gasteiger partial charge on any atom is -0.391 e. The highest BCUT2D eigenvalue weighted by atomic mass is 16.3. The second kappa shape index (κ2) is 7.92. The van der Waals surface area contributed by atoms with E-state index in [4.69, 9.17) is 0 Å².